The van der Waals surface area contributed by atoms with Crippen LogP contribution in [0.15, 0.2) is 30.6 Å². The van der Waals surface area contributed by atoms with Crippen molar-refractivity contribution < 1.29 is 4.74 Å². The average Bonchev–Trinajstić information content (AvgIpc) is 2.75. The smallest absolute Gasteiger partial charge is 0.120 e. The zero-order valence-corrected chi connectivity index (χ0v) is 11.0. The van der Waals surface area contributed by atoms with Crippen LogP contribution in [0.1, 0.15) is 11.4 Å². The van der Waals surface area contributed by atoms with Gasteiger partial charge in [-0.3, -0.25) is 0 Å². The molecule has 0 saturated heterocycles. The van der Waals surface area contributed by atoms with Gasteiger partial charge in [0.25, 0.3) is 0 Å². The predicted octanol–water partition coefficient (Wildman–Crippen LogP) is 2.15. The number of hydrogen-bond acceptors (Lipinski definition) is 3. The molecule has 1 heterocycles. The van der Waals surface area contributed by atoms with E-state index in [1.807, 2.05) is 29.9 Å². The first-order valence-electron chi connectivity index (χ1n) is 5.78. The Morgan fingerprint density at radius 1 is 1.44 bits per heavy atom. The molecular weight excluding hydrogens is 250 g/mol. The summed E-state index contributed by atoms with van der Waals surface area (Å²) in [7, 11) is 1.97. The summed E-state index contributed by atoms with van der Waals surface area (Å²) in [5.74, 6) is 1.76. The van der Waals surface area contributed by atoms with E-state index in [1.165, 1.54) is 0 Å². The summed E-state index contributed by atoms with van der Waals surface area (Å²) in [6.07, 6.45) is 4.46. The third-order valence-corrected chi connectivity index (χ3v) is 3.11. The minimum absolute atomic E-state index is 0.437. The number of aryl methyl sites for hydroxylation is 1. The van der Waals surface area contributed by atoms with Crippen molar-refractivity contribution in [1.82, 2.24) is 9.55 Å². The van der Waals surface area contributed by atoms with Crippen LogP contribution in [0.25, 0.3) is 0 Å². The summed E-state index contributed by atoms with van der Waals surface area (Å²) in [6, 6.07) is 5.56. The van der Waals surface area contributed by atoms with Crippen LogP contribution in [-0.4, -0.2) is 16.2 Å². The van der Waals surface area contributed by atoms with E-state index in [4.69, 9.17) is 22.1 Å². The second-order valence-electron chi connectivity index (χ2n) is 4.01. The number of nitrogens with two attached hydrogens (primary N) is 1. The van der Waals surface area contributed by atoms with Crippen LogP contribution in [-0.2, 0) is 20.0 Å². The van der Waals surface area contributed by atoms with Gasteiger partial charge in [0.05, 0.1) is 6.61 Å². The highest BCUT2D eigenvalue weighted by Gasteiger charge is 2.03. The first-order chi connectivity index (χ1) is 8.70. The normalized spacial score (nSPS) is 10.6. The summed E-state index contributed by atoms with van der Waals surface area (Å²) < 4.78 is 7.62. The molecule has 2 rings (SSSR count). The second kappa shape index (κ2) is 5.89. The Labute approximate surface area is 111 Å². The van der Waals surface area contributed by atoms with Gasteiger partial charge in [-0.1, -0.05) is 17.7 Å². The number of ether oxygens (including phenoxy) is 1. The van der Waals surface area contributed by atoms with Crippen LogP contribution in [0.4, 0.5) is 0 Å². The van der Waals surface area contributed by atoms with Gasteiger partial charge in [-0.25, -0.2) is 4.98 Å². The highest BCUT2D eigenvalue weighted by Crippen LogP contribution is 2.22. The van der Waals surface area contributed by atoms with Crippen molar-refractivity contribution in [2.45, 2.75) is 13.0 Å². The highest BCUT2D eigenvalue weighted by atomic mass is 35.5. The Morgan fingerprint density at radius 2 is 2.28 bits per heavy atom. The standard InChI is InChI=1S/C13H16ClN3O/c1-17-6-5-16-13(17)4-7-18-11-3-2-10(9-15)12(14)8-11/h2-3,5-6,8H,4,7,9,15H2,1H3. The molecule has 0 spiro atoms. The third kappa shape index (κ3) is 3.03. The van der Waals surface area contributed by atoms with Crippen molar-refractivity contribution in [1.29, 1.82) is 0 Å². The summed E-state index contributed by atoms with van der Waals surface area (Å²) in [4.78, 5) is 4.23. The van der Waals surface area contributed by atoms with E-state index >= 15 is 0 Å². The maximum Gasteiger partial charge on any atom is 0.120 e. The van der Waals surface area contributed by atoms with Crippen LogP contribution < -0.4 is 10.5 Å². The number of imidazole rings is 1. The molecule has 1 aromatic heterocycles. The van der Waals surface area contributed by atoms with Crippen LogP contribution in [0, 0.1) is 0 Å². The molecular formula is C13H16ClN3O. The van der Waals surface area contributed by atoms with Gasteiger partial charge in [-0.05, 0) is 17.7 Å². The number of nitrogens with zero attached hydrogens (tertiary/aromatic N) is 2. The molecule has 0 bridgehead atoms. The first-order valence-corrected chi connectivity index (χ1v) is 6.16. The predicted molar refractivity (Wildman–Crippen MR) is 71.8 cm³/mol. The Balaban J connectivity index is 1.91. The van der Waals surface area contributed by atoms with Crippen molar-refractivity contribution in [3.05, 3.63) is 47.0 Å². The van der Waals surface area contributed by atoms with Crippen molar-refractivity contribution in [3.8, 4) is 5.75 Å². The number of aromatic nitrogens is 2. The molecule has 0 saturated carbocycles. The van der Waals surface area contributed by atoms with Gasteiger partial charge in [0.1, 0.15) is 11.6 Å². The molecule has 1 aromatic carbocycles. The van der Waals surface area contributed by atoms with Gasteiger partial charge >= 0.3 is 0 Å². The molecule has 0 radical (unpaired) electrons. The van der Waals surface area contributed by atoms with Crippen molar-refractivity contribution in [2.24, 2.45) is 12.8 Å². The minimum Gasteiger partial charge on any atom is -0.493 e. The quantitative estimate of drug-likeness (QED) is 0.901. The topological polar surface area (TPSA) is 53.1 Å². The van der Waals surface area contributed by atoms with Crippen molar-refractivity contribution >= 4 is 11.6 Å². The molecule has 0 aliphatic heterocycles. The molecule has 2 aromatic rings. The number of halogens is 1. The highest BCUT2D eigenvalue weighted by molar-refractivity contribution is 6.31. The Bertz CT molecular complexity index is 525. The van der Waals surface area contributed by atoms with Crippen LogP contribution in [0.3, 0.4) is 0 Å². The lowest BCUT2D eigenvalue weighted by molar-refractivity contribution is 0.317. The minimum atomic E-state index is 0.437. The number of benzene rings is 1. The molecule has 0 aliphatic rings. The van der Waals surface area contributed by atoms with E-state index in [0.29, 0.717) is 18.2 Å². The monoisotopic (exact) mass is 265 g/mol. The maximum absolute atomic E-state index is 6.06. The summed E-state index contributed by atoms with van der Waals surface area (Å²) in [5, 5.41) is 0.645. The molecule has 0 aliphatic carbocycles. The lowest BCUT2D eigenvalue weighted by Crippen LogP contribution is -2.06. The Kier molecular flexibility index (Phi) is 4.23. The molecule has 4 nitrogen and oxygen atoms in total. The SMILES string of the molecule is Cn1ccnc1CCOc1ccc(CN)c(Cl)c1. The third-order valence-electron chi connectivity index (χ3n) is 2.76. The summed E-state index contributed by atoms with van der Waals surface area (Å²) in [5.41, 5.74) is 6.47. The molecule has 0 unspecified atom stereocenters. The van der Waals surface area contributed by atoms with Gasteiger partial charge in [0.2, 0.25) is 0 Å². The fourth-order valence-electron chi connectivity index (χ4n) is 1.68. The first kappa shape index (κ1) is 12.9. The fourth-order valence-corrected chi connectivity index (χ4v) is 1.93. The van der Waals surface area contributed by atoms with Gasteiger partial charge in [-0.2, -0.15) is 0 Å². The van der Waals surface area contributed by atoms with E-state index in [0.717, 1.165) is 23.6 Å². The van der Waals surface area contributed by atoms with Crippen LogP contribution in [0.2, 0.25) is 5.02 Å². The molecule has 0 atom stereocenters. The maximum atomic E-state index is 6.06. The van der Waals surface area contributed by atoms with E-state index in [9.17, 15) is 0 Å². The lowest BCUT2D eigenvalue weighted by atomic mass is 10.2. The van der Waals surface area contributed by atoms with Gasteiger partial charge in [0, 0.05) is 37.4 Å². The van der Waals surface area contributed by atoms with Crippen LogP contribution in [0.5, 0.6) is 5.75 Å². The van der Waals surface area contributed by atoms with Crippen molar-refractivity contribution in [3.63, 3.8) is 0 Å². The van der Waals surface area contributed by atoms with Gasteiger partial charge in [0.15, 0.2) is 0 Å². The zero-order chi connectivity index (χ0) is 13.0. The lowest BCUT2D eigenvalue weighted by Gasteiger charge is -2.08. The van der Waals surface area contributed by atoms with Crippen LogP contribution >= 0.6 is 11.6 Å². The van der Waals surface area contributed by atoms with E-state index < -0.39 is 0 Å². The molecule has 0 amide bonds. The largest absolute Gasteiger partial charge is 0.493 e. The average molecular weight is 266 g/mol. The molecule has 18 heavy (non-hydrogen) atoms. The van der Waals surface area contributed by atoms with E-state index in [1.54, 1.807) is 12.3 Å². The van der Waals surface area contributed by atoms with Gasteiger partial charge in [-0.15, -0.1) is 0 Å². The van der Waals surface area contributed by atoms with Crippen molar-refractivity contribution in [2.75, 3.05) is 6.61 Å². The Hall–Kier alpha value is -1.52. The molecule has 0 fully saturated rings. The second-order valence-corrected chi connectivity index (χ2v) is 4.42. The molecule has 5 heteroatoms. The van der Waals surface area contributed by atoms with E-state index in [2.05, 4.69) is 4.98 Å². The number of hydrogen-bond donors (Lipinski definition) is 1. The zero-order valence-electron chi connectivity index (χ0n) is 10.3. The van der Waals surface area contributed by atoms with E-state index in [-0.39, 0.29) is 0 Å². The summed E-state index contributed by atoms with van der Waals surface area (Å²) in [6.45, 7) is 1.01. The number of rotatable bonds is 5. The fraction of sp³-hybridized carbons (Fsp3) is 0.308. The van der Waals surface area contributed by atoms with Gasteiger partial charge < -0.3 is 15.0 Å². The molecule has 96 valence electrons. The Morgan fingerprint density at radius 3 is 2.89 bits per heavy atom. The summed E-state index contributed by atoms with van der Waals surface area (Å²) >= 11 is 6.06. The molecule has 2 N–H and O–H groups in total.